The van der Waals surface area contributed by atoms with Crippen molar-refractivity contribution in [1.29, 1.82) is 0 Å². The van der Waals surface area contributed by atoms with Gasteiger partial charge >= 0.3 is 0 Å². The van der Waals surface area contributed by atoms with Gasteiger partial charge in [-0.15, -0.1) is 0 Å². The molecular formula is C17H16ClN3O2. The van der Waals surface area contributed by atoms with Crippen LogP contribution in [0.2, 0.25) is 5.02 Å². The lowest BCUT2D eigenvalue weighted by Gasteiger charge is -2.10. The van der Waals surface area contributed by atoms with Crippen molar-refractivity contribution >= 4 is 11.6 Å². The number of hydrogen-bond acceptors (Lipinski definition) is 4. The largest absolute Gasteiger partial charge is 0.496 e. The average Bonchev–Trinajstić information content (AvgIpc) is 2.97. The van der Waals surface area contributed by atoms with Crippen LogP contribution in [0.4, 0.5) is 0 Å². The average molecular weight is 330 g/mol. The number of aromatic amines is 1. The molecule has 0 aliphatic carbocycles. The van der Waals surface area contributed by atoms with Crippen LogP contribution >= 0.6 is 11.6 Å². The molecule has 0 saturated carbocycles. The number of nitrogens with one attached hydrogen (secondary N) is 1. The summed E-state index contributed by atoms with van der Waals surface area (Å²) in [6, 6.07) is 7.40. The summed E-state index contributed by atoms with van der Waals surface area (Å²) >= 11 is 6.24. The zero-order valence-electron chi connectivity index (χ0n) is 13.1. The number of aromatic nitrogens is 3. The molecule has 0 aliphatic heterocycles. The van der Waals surface area contributed by atoms with Gasteiger partial charge in [0, 0.05) is 24.0 Å². The Bertz CT molecular complexity index is 831. The van der Waals surface area contributed by atoms with Crippen molar-refractivity contribution in [3.05, 3.63) is 47.4 Å². The number of benzene rings is 1. The number of nitrogens with zero attached hydrogens (tertiary/aromatic N) is 2. The lowest BCUT2D eigenvalue weighted by atomic mass is 10.1. The summed E-state index contributed by atoms with van der Waals surface area (Å²) in [7, 11) is 3.17. The number of hydrogen-bond donors (Lipinski definition) is 1. The van der Waals surface area contributed by atoms with E-state index in [0.29, 0.717) is 22.3 Å². The Morgan fingerprint density at radius 1 is 1.13 bits per heavy atom. The van der Waals surface area contributed by atoms with Crippen molar-refractivity contribution in [1.82, 2.24) is 15.0 Å². The monoisotopic (exact) mass is 329 g/mol. The summed E-state index contributed by atoms with van der Waals surface area (Å²) < 4.78 is 10.7. The third kappa shape index (κ3) is 2.87. The fraction of sp³-hybridized carbons (Fsp3) is 0.176. The van der Waals surface area contributed by atoms with Crippen LogP contribution in [0.25, 0.3) is 22.6 Å². The van der Waals surface area contributed by atoms with Gasteiger partial charge in [0.25, 0.3) is 0 Å². The molecule has 3 rings (SSSR count). The fourth-order valence-electron chi connectivity index (χ4n) is 2.42. The minimum absolute atomic E-state index is 0.500. The molecule has 6 heteroatoms. The highest BCUT2D eigenvalue weighted by molar-refractivity contribution is 6.32. The Morgan fingerprint density at radius 2 is 1.91 bits per heavy atom. The first-order valence-electron chi connectivity index (χ1n) is 7.03. The van der Waals surface area contributed by atoms with Gasteiger partial charge in [0.15, 0.2) is 0 Å². The Hall–Kier alpha value is -2.53. The molecule has 0 radical (unpaired) electrons. The van der Waals surface area contributed by atoms with Crippen LogP contribution in [0, 0.1) is 6.92 Å². The van der Waals surface area contributed by atoms with E-state index in [4.69, 9.17) is 21.1 Å². The number of pyridine rings is 1. The molecule has 1 aromatic carbocycles. The summed E-state index contributed by atoms with van der Waals surface area (Å²) in [5.74, 6) is 1.88. The molecule has 0 aliphatic rings. The highest BCUT2D eigenvalue weighted by Crippen LogP contribution is 2.38. The minimum Gasteiger partial charge on any atom is -0.496 e. The van der Waals surface area contributed by atoms with E-state index in [2.05, 4.69) is 15.0 Å². The van der Waals surface area contributed by atoms with Crippen molar-refractivity contribution in [2.24, 2.45) is 0 Å². The summed E-state index contributed by atoms with van der Waals surface area (Å²) in [4.78, 5) is 12.1. The molecule has 3 aromatic rings. The Kier molecular flexibility index (Phi) is 4.21. The number of imidazole rings is 1. The normalized spacial score (nSPS) is 10.6. The number of methoxy groups -OCH3 is 2. The molecule has 0 amide bonds. The fourth-order valence-corrected chi connectivity index (χ4v) is 2.67. The predicted octanol–water partition coefficient (Wildman–Crippen LogP) is 4.12. The van der Waals surface area contributed by atoms with Gasteiger partial charge < -0.3 is 14.5 Å². The van der Waals surface area contributed by atoms with Crippen LogP contribution < -0.4 is 9.47 Å². The minimum atomic E-state index is 0.500. The molecule has 0 bridgehead atoms. The molecule has 118 valence electrons. The predicted molar refractivity (Wildman–Crippen MR) is 90.1 cm³/mol. The van der Waals surface area contributed by atoms with Gasteiger partial charge in [-0.25, -0.2) is 4.98 Å². The van der Waals surface area contributed by atoms with E-state index in [1.807, 2.05) is 19.1 Å². The molecular weight excluding hydrogens is 314 g/mol. The van der Waals surface area contributed by atoms with E-state index in [1.165, 1.54) is 0 Å². The highest BCUT2D eigenvalue weighted by atomic mass is 35.5. The molecule has 0 fully saturated rings. The first-order chi connectivity index (χ1) is 11.1. The third-order valence-corrected chi connectivity index (χ3v) is 3.86. The van der Waals surface area contributed by atoms with Gasteiger partial charge in [0.05, 0.1) is 36.2 Å². The van der Waals surface area contributed by atoms with Crippen LogP contribution in [0.5, 0.6) is 11.5 Å². The lowest BCUT2D eigenvalue weighted by Crippen LogP contribution is -1.93. The zero-order valence-corrected chi connectivity index (χ0v) is 13.8. The van der Waals surface area contributed by atoms with Gasteiger partial charge in [-0.2, -0.15) is 0 Å². The molecule has 0 spiro atoms. The smallest absolute Gasteiger partial charge is 0.141 e. The first kappa shape index (κ1) is 15.4. The van der Waals surface area contributed by atoms with Crippen LogP contribution in [0.15, 0.2) is 36.7 Å². The zero-order chi connectivity index (χ0) is 16.4. The van der Waals surface area contributed by atoms with Gasteiger partial charge in [-0.05, 0) is 25.1 Å². The molecule has 1 N–H and O–H groups in total. The topological polar surface area (TPSA) is 60.0 Å². The van der Waals surface area contributed by atoms with E-state index in [9.17, 15) is 0 Å². The molecule has 0 unspecified atom stereocenters. The summed E-state index contributed by atoms with van der Waals surface area (Å²) in [5, 5.41) is 0.500. The summed E-state index contributed by atoms with van der Waals surface area (Å²) in [6.45, 7) is 1.94. The number of aryl methyl sites for hydroxylation is 1. The molecule has 0 saturated heterocycles. The van der Waals surface area contributed by atoms with Crippen molar-refractivity contribution in [3.8, 4) is 34.1 Å². The number of ether oxygens (including phenoxy) is 2. The highest BCUT2D eigenvalue weighted by Gasteiger charge is 2.16. The van der Waals surface area contributed by atoms with Crippen LogP contribution in [0.3, 0.4) is 0 Å². The van der Waals surface area contributed by atoms with E-state index in [-0.39, 0.29) is 0 Å². The second kappa shape index (κ2) is 6.30. The van der Waals surface area contributed by atoms with E-state index < -0.39 is 0 Å². The van der Waals surface area contributed by atoms with Gasteiger partial charge in [-0.3, -0.25) is 4.98 Å². The molecule has 5 nitrogen and oxygen atoms in total. The summed E-state index contributed by atoms with van der Waals surface area (Å²) in [6.07, 6.45) is 3.53. The van der Waals surface area contributed by atoms with Crippen molar-refractivity contribution < 1.29 is 9.47 Å². The Labute approximate surface area is 139 Å². The van der Waals surface area contributed by atoms with Gasteiger partial charge in [0.1, 0.15) is 17.3 Å². The van der Waals surface area contributed by atoms with E-state index in [1.54, 1.807) is 38.7 Å². The molecule has 2 heterocycles. The second-order valence-electron chi connectivity index (χ2n) is 4.97. The van der Waals surface area contributed by atoms with E-state index >= 15 is 0 Å². The number of halogens is 1. The molecule has 2 aromatic heterocycles. The summed E-state index contributed by atoms with van der Waals surface area (Å²) in [5.41, 5.74) is 3.54. The number of H-pyrrole nitrogens is 1. The maximum Gasteiger partial charge on any atom is 0.141 e. The van der Waals surface area contributed by atoms with Crippen LogP contribution in [-0.2, 0) is 0 Å². The van der Waals surface area contributed by atoms with Crippen molar-refractivity contribution in [2.45, 2.75) is 6.92 Å². The van der Waals surface area contributed by atoms with Crippen molar-refractivity contribution in [2.75, 3.05) is 14.2 Å². The van der Waals surface area contributed by atoms with Crippen LogP contribution in [-0.4, -0.2) is 29.2 Å². The number of rotatable bonds is 4. The van der Waals surface area contributed by atoms with E-state index in [0.717, 1.165) is 22.5 Å². The van der Waals surface area contributed by atoms with Gasteiger partial charge in [0.2, 0.25) is 0 Å². The SMILES string of the molecule is COc1cc(OC)c(-c2nc(C)c(-c3cccnc3)[nH]2)cc1Cl. The standard InChI is InChI=1S/C17H16ClN3O2/c1-10-16(11-5-4-6-19-9-11)21-17(20-10)12-7-13(18)15(23-3)8-14(12)22-2/h4-9H,1-3H3,(H,20,21). The maximum absolute atomic E-state index is 6.24. The maximum atomic E-state index is 6.24. The Balaban J connectivity index is 2.12. The molecule has 23 heavy (non-hydrogen) atoms. The van der Waals surface area contributed by atoms with Crippen LogP contribution in [0.1, 0.15) is 5.69 Å². The Morgan fingerprint density at radius 3 is 2.57 bits per heavy atom. The lowest BCUT2D eigenvalue weighted by molar-refractivity contribution is 0.395. The first-order valence-corrected chi connectivity index (χ1v) is 7.40. The van der Waals surface area contributed by atoms with Crippen molar-refractivity contribution in [3.63, 3.8) is 0 Å². The quantitative estimate of drug-likeness (QED) is 0.782. The van der Waals surface area contributed by atoms with Gasteiger partial charge in [-0.1, -0.05) is 11.6 Å². The second-order valence-corrected chi connectivity index (χ2v) is 5.38. The molecule has 0 atom stereocenters. The third-order valence-electron chi connectivity index (χ3n) is 3.56.